The number of hydrogen-bond donors (Lipinski definition) is 0. The van der Waals surface area contributed by atoms with Crippen molar-refractivity contribution in [3.8, 4) is 0 Å². The first-order valence-electron chi connectivity index (χ1n) is 1.84. The van der Waals surface area contributed by atoms with Gasteiger partial charge in [-0.1, -0.05) is 0 Å². The predicted octanol–water partition coefficient (Wildman–Crippen LogP) is -13.9. The van der Waals surface area contributed by atoms with Gasteiger partial charge in [-0.3, -0.25) is 0 Å². The van der Waals surface area contributed by atoms with Gasteiger partial charge in [0.05, 0.1) is 0 Å². The van der Waals surface area contributed by atoms with Crippen molar-refractivity contribution in [1.82, 2.24) is 0 Å². The van der Waals surface area contributed by atoms with E-state index in [-0.39, 0.29) is 143 Å². The van der Waals surface area contributed by atoms with Crippen LogP contribution in [-0.4, -0.2) is 18.5 Å². The molecule has 0 aliphatic heterocycles. The van der Waals surface area contributed by atoms with Crippen molar-refractivity contribution < 1.29 is 177 Å². The molecule has 60 valence electrons. The summed E-state index contributed by atoms with van der Waals surface area (Å²) < 4.78 is 6.17. The van der Waals surface area contributed by atoms with Gasteiger partial charge in [-0.05, 0) is 0 Å². The van der Waals surface area contributed by atoms with Gasteiger partial charge in [0.15, 0.2) is 0 Å². The Kier molecular flexibility index (Phi) is 38.8. The van der Waals surface area contributed by atoms with Crippen LogP contribution in [-0.2, 0) is 9.47 Å². The van der Waals surface area contributed by atoms with Gasteiger partial charge < -0.3 is 32.1 Å². The molecule has 0 aromatic carbocycles. The standard InChI is InChI=1S/C3H2O7.2K.2Li.2H/c4-1(5)9-3(8)10-2(6)7;;;;;;/h(H,4,5)(H,6,7);;;;;;/q;4*+1;2*-1/p-2. The van der Waals surface area contributed by atoms with Crippen molar-refractivity contribution in [2.45, 2.75) is 0 Å². The van der Waals surface area contributed by atoms with Crippen molar-refractivity contribution in [3.05, 3.63) is 0 Å². The van der Waals surface area contributed by atoms with E-state index in [0.29, 0.717) is 0 Å². The van der Waals surface area contributed by atoms with Gasteiger partial charge in [-0.15, -0.1) is 0 Å². The van der Waals surface area contributed by atoms with E-state index in [1.807, 2.05) is 0 Å². The molecule has 11 heteroatoms. The zero-order valence-electron chi connectivity index (χ0n) is 10.4. The van der Waals surface area contributed by atoms with Crippen molar-refractivity contribution >= 4 is 18.5 Å². The zero-order chi connectivity index (χ0) is 8.15. The number of carbonyl (C=O) groups excluding carboxylic acids is 3. The summed E-state index contributed by atoms with van der Waals surface area (Å²) in [6.07, 6.45) is -6.32. The van der Waals surface area contributed by atoms with E-state index in [2.05, 4.69) is 9.47 Å². The molecular weight excluding hydrogens is 240 g/mol. The number of rotatable bonds is 0. The van der Waals surface area contributed by atoms with Crippen LogP contribution in [0.5, 0.6) is 0 Å². The third kappa shape index (κ3) is 24.1. The van der Waals surface area contributed by atoms with Crippen LogP contribution in [0.2, 0.25) is 0 Å². The molecule has 0 fully saturated rings. The maximum atomic E-state index is 9.78. The first-order chi connectivity index (χ1) is 4.52. The summed E-state index contributed by atoms with van der Waals surface area (Å²) in [5, 5.41) is 18.7. The Morgan fingerprint density at radius 1 is 0.857 bits per heavy atom. The van der Waals surface area contributed by atoms with Gasteiger partial charge in [0.1, 0.15) is 0 Å². The van der Waals surface area contributed by atoms with Crippen LogP contribution in [0.25, 0.3) is 0 Å². The largest absolute Gasteiger partial charge is 1.00 e. The minimum Gasteiger partial charge on any atom is -1.00 e. The molecule has 7 nitrogen and oxygen atoms in total. The molecule has 0 radical (unpaired) electrons. The molecule has 0 saturated heterocycles. The molecule has 14 heavy (non-hydrogen) atoms. The molecule has 0 unspecified atom stereocenters. The van der Waals surface area contributed by atoms with Crippen LogP contribution in [0.15, 0.2) is 0 Å². The fraction of sp³-hybridized carbons (Fsp3) is 0. The van der Waals surface area contributed by atoms with Gasteiger partial charge in [0.2, 0.25) is 0 Å². The Hall–Kier alpha value is 2.68. The maximum absolute atomic E-state index is 9.78. The first kappa shape index (κ1) is 30.1. The summed E-state index contributed by atoms with van der Waals surface area (Å²) in [5.74, 6) is 0. The molecule has 0 saturated carbocycles. The summed E-state index contributed by atoms with van der Waals surface area (Å²) in [6, 6.07) is 0. The third-order valence-corrected chi connectivity index (χ3v) is 0.333. The van der Waals surface area contributed by atoms with Gasteiger partial charge >= 0.3 is 147 Å². The van der Waals surface area contributed by atoms with E-state index < -0.39 is 18.5 Å². The molecule has 0 bridgehead atoms. The zero-order valence-corrected chi connectivity index (χ0v) is 14.6. The topological polar surface area (TPSA) is 116 Å². The Bertz CT molecular complexity index is 176. The van der Waals surface area contributed by atoms with Crippen molar-refractivity contribution in [2.75, 3.05) is 0 Å². The van der Waals surface area contributed by atoms with Crippen LogP contribution >= 0.6 is 0 Å². The van der Waals surface area contributed by atoms with Crippen LogP contribution in [0.4, 0.5) is 14.4 Å². The summed E-state index contributed by atoms with van der Waals surface area (Å²) in [4.78, 5) is 28.5. The molecule has 0 heterocycles. The summed E-state index contributed by atoms with van der Waals surface area (Å²) in [6.45, 7) is 0. The summed E-state index contributed by atoms with van der Waals surface area (Å²) >= 11 is 0. The average molecular weight is 242 g/mol. The normalized spacial score (nSPS) is 5.71. The Morgan fingerprint density at radius 2 is 1.07 bits per heavy atom. The van der Waals surface area contributed by atoms with Gasteiger partial charge in [0, 0.05) is 0 Å². The van der Waals surface area contributed by atoms with Crippen molar-refractivity contribution in [2.24, 2.45) is 0 Å². The van der Waals surface area contributed by atoms with E-state index in [9.17, 15) is 24.6 Å². The SMILES string of the molecule is O=C([O-])OC(=O)OC(=O)[O-].[H-].[H-].[K+].[K+].[Li+].[Li+]. The Morgan fingerprint density at radius 3 is 1.21 bits per heavy atom. The maximum Gasteiger partial charge on any atom is 1.00 e. The summed E-state index contributed by atoms with van der Waals surface area (Å²) in [5.41, 5.74) is 0. The van der Waals surface area contributed by atoms with Crippen LogP contribution in [0.1, 0.15) is 2.85 Å². The fourth-order valence-corrected chi connectivity index (χ4v) is 0.157. The third-order valence-electron chi connectivity index (χ3n) is 0.333. The number of hydrogen-bond acceptors (Lipinski definition) is 7. The van der Waals surface area contributed by atoms with Gasteiger partial charge in [-0.25, -0.2) is 4.79 Å². The number of carboxylic acid groups (broad SMARTS) is 2. The molecule has 0 aliphatic carbocycles. The van der Waals surface area contributed by atoms with Crippen molar-refractivity contribution in [3.63, 3.8) is 0 Å². The number of carbonyl (C=O) groups is 3. The second-order valence-corrected chi connectivity index (χ2v) is 0.954. The molecule has 0 aromatic heterocycles. The monoisotopic (exact) mass is 242 g/mol. The number of ether oxygens (including phenoxy) is 2. The predicted molar refractivity (Wildman–Crippen MR) is 20.6 cm³/mol. The van der Waals surface area contributed by atoms with Crippen molar-refractivity contribution in [1.29, 1.82) is 0 Å². The molecule has 0 spiro atoms. The van der Waals surface area contributed by atoms with E-state index in [1.54, 1.807) is 0 Å². The fourth-order valence-electron chi connectivity index (χ4n) is 0.157. The molecule has 0 amide bonds. The van der Waals surface area contributed by atoms with E-state index >= 15 is 0 Å². The quantitative estimate of drug-likeness (QED) is 0.235. The molecular formula is C3H2K2Li2O7. The Balaban J connectivity index is -0.0000000270. The van der Waals surface area contributed by atoms with Gasteiger partial charge in [0.25, 0.3) is 12.3 Å². The van der Waals surface area contributed by atoms with Crippen LogP contribution in [0.3, 0.4) is 0 Å². The van der Waals surface area contributed by atoms with E-state index in [1.165, 1.54) is 0 Å². The van der Waals surface area contributed by atoms with E-state index in [4.69, 9.17) is 0 Å². The molecule has 0 aliphatic rings. The second kappa shape index (κ2) is 18.1. The first-order valence-corrected chi connectivity index (χ1v) is 1.84. The average Bonchev–Trinajstić information content (AvgIpc) is 1.58. The minimum atomic E-state index is -2.20. The Labute approximate surface area is 191 Å². The molecule has 0 N–H and O–H groups in total. The van der Waals surface area contributed by atoms with E-state index in [0.717, 1.165) is 0 Å². The molecule has 0 atom stereocenters. The molecule has 0 aromatic rings. The smallest absolute Gasteiger partial charge is 1.00 e. The van der Waals surface area contributed by atoms with Crippen LogP contribution in [0, 0.1) is 0 Å². The van der Waals surface area contributed by atoms with Crippen LogP contribution < -0.4 is 151 Å². The second-order valence-electron chi connectivity index (χ2n) is 0.954. The minimum absolute atomic E-state index is 0. The summed E-state index contributed by atoms with van der Waals surface area (Å²) in [7, 11) is 0. The van der Waals surface area contributed by atoms with Gasteiger partial charge in [-0.2, -0.15) is 0 Å². The molecule has 0 rings (SSSR count).